The van der Waals surface area contributed by atoms with Gasteiger partial charge in [0.15, 0.2) is 5.13 Å². The van der Waals surface area contributed by atoms with E-state index in [1.54, 1.807) is 30.3 Å². The number of piperazine rings is 1. The van der Waals surface area contributed by atoms with Gasteiger partial charge in [-0.1, -0.05) is 35.1 Å². The van der Waals surface area contributed by atoms with E-state index in [2.05, 4.69) is 9.88 Å². The minimum absolute atomic E-state index is 0.0162. The van der Waals surface area contributed by atoms with Gasteiger partial charge in [-0.3, -0.25) is 4.79 Å². The summed E-state index contributed by atoms with van der Waals surface area (Å²) in [5.41, 5.74) is 1.02. The van der Waals surface area contributed by atoms with Crippen LogP contribution in [0.3, 0.4) is 0 Å². The fourth-order valence-corrected chi connectivity index (χ4v) is 4.17. The predicted molar refractivity (Wildman–Crippen MR) is 99.1 cm³/mol. The summed E-state index contributed by atoms with van der Waals surface area (Å²) in [5, 5.41) is 1.36. The molecule has 2 aromatic carbocycles. The van der Waals surface area contributed by atoms with Crippen LogP contribution in [0.5, 0.6) is 0 Å². The number of benzene rings is 2. The van der Waals surface area contributed by atoms with E-state index in [1.807, 2.05) is 11.0 Å². The molecule has 1 saturated heterocycles. The van der Waals surface area contributed by atoms with E-state index < -0.39 is 0 Å². The highest BCUT2D eigenvalue weighted by molar-refractivity contribution is 7.22. The van der Waals surface area contributed by atoms with Gasteiger partial charge in [0.05, 0.1) is 4.70 Å². The van der Waals surface area contributed by atoms with Crippen LogP contribution in [0.25, 0.3) is 10.2 Å². The van der Waals surface area contributed by atoms with Crippen molar-refractivity contribution in [2.24, 2.45) is 0 Å². The molecule has 25 heavy (non-hydrogen) atoms. The quantitative estimate of drug-likeness (QED) is 0.678. The molecule has 0 spiro atoms. The van der Waals surface area contributed by atoms with E-state index in [0.717, 1.165) is 9.83 Å². The summed E-state index contributed by atoms with van der Waals surface area (Å²) in [6.07, 6.45) is 0. The zero-order valence-electron chi connectivity index (χ0n) is 13.3. The maximum Gasteiger partial charge on any atom is 0.254 e. The van der Waals surface area contributed by atoms with Crippen molar-refractivity contribution in [3.63, 3.8) is 0 Å². The van der Waals surface area contributed by atoms with Crippen LogP contribution in [-0.2, 0) is 0 Å². The number of anilines is 1. The second-order valence-corrected chi connectivity index (χ2v) is 7.32. The second kappa shape index (κ2) is 6.61. The zero-order chi connectivity index (χ0) is 17.4. The molecule has 1 aliphatic rings. The van der Waals surface area contributed by atoms with Crippen molar-refractivity contribution in [2.45, 2.75) is 0 Å². The fraction of sp³-hybridized carbons (Fsp3) is 0.222. The number of carbonyl (C=O) groups excluding carboxylic acids is 1. The van der Waals surface area contributed by atoms with Crippen molar-refractivity contribution in [1.82, 2.24) is 9.88 Å². The normalized spacial score (nSPS) is 15.0. The van der Waals surface area contributed by atoms with E-state index >= 15 is 0 Å². The average molecular weight is 376 g/mol. The molecule has 0 aliphatic carbocycles. The third kappa shape index (κ3) is 3.19. The van der Waals surface area contributed by atoms with Crippen LogP contribution < -0.4 is 4.90 Å². The van der Waals surface area contributed by atoms with Crippen LogP contribution in [0.1, 0.15) is 10.4 Å². The molecule has 2 heterocycles. The number of hydrogen-bond donors (Lipinski definition) is 0. The minimum Gasteiger partial charge on any atom is -0.345 e. The Labute approximate surface area is 153 Å². The standard InChI is InChI=1S/C18H15ClFN3OS/c19-13-4-1-3-12(11-13)17(24)22-7-9-23(10-8-22)18-21-16-14(20)5-2-6-15(16)25-18/h1-6,11H,7-10H2. The molecular weight excluding hydrogens is 361 g/mol. The van der Waals surface area contributed by atoms with Gasteiger partial charge in [0, 0.05) is 36.8 Å². The maximum atomic E-state index is 13.8. The summed E-state index contributed by atoms with van der Waals surface area (Å²) in [6, 6.07) is 12.0. The molecule has 0 atom stereocenters. The second-order valence-electron chi connectivity index (χ2n) is 5.87. The molecule has 0 bridgehead atoms. The lowest BCUT2D eigenvalue weighted by Crippen LogP contribution is -2.48. The molecule has 128 valence electrons. The number of nitrogens with zero attached hydrogens (tertiary/aromatic N) is 3. The summed E-state index contributed by atoms with van der Waals surface area (Å²) >= 11 is 7.45. The third-order valence-corrected chi connectivity index (χ3v) is 5.58. The van der Waals surface area contributed by atoms with Crippen molar-refractivity contribution in [3.8, 4) is 0 Å². The predicted octanol–water partition coefficient (Wildman–Crippen LogP) is 4.05. The molecule has 0 radical (unpaired) electrons. The molecule has 7 heteroatoms. The molecular formula is C18H15ClFN3OS. The average Bonchev–Trinajstić information content (AvgIpc) is 3.07. The number of hydrogen-bond acceptors (Lipinski definition) is 4. The molecule has 1 aromatic heterocycles. The van der Waals surface area contributed by atoms with Gasteiger partial charge in [0.1, 0.15) is 11.3 Å². The number of carbonyl (C=O) groups is 1. The van der Waals surface area contributed by atoms with Gasteiger partial charge in [0.2, 0.25) is 0 Å². The number of aromatic nitrogens is 1. The Kier molecular flexibility index (Phi) is 4.31. The first-order valence-corrected chi connectivity index (χ1v) is 9.16. The van der Waals surface area contributed by atoms with Crippen LogP contribution in [0, 0.1) is 5.82 Å². The number of amides is 1. The summed E-state index contributed by atoms with van der Waals surface area (Å²) < 4.78 is 14.7. The summed E-state index contributed by atoms with van der Waals surface area (Å²) in [6.45, 7) is 2.55. The third-order valence-electron chi connectivity index (χ3n) is 4.27. The van der Waals surface area contributed by atoms with Crippen LogP contribution in [0.15, 0.2) is 42.5 Å². The number of para-hydroxylation sites is 1. The topological polar surface area (TPSA) is 36.4 Å². The van der Waals surface area contributed by atoms with Crippen molar-refractivity contribution in [2.75, 3.05) is 31.1 Å². The lowest BCUT2D eigenvalue weighted by molar-refractivity contribution is 0.0747. The molecule has 1 fully saturated rings. The lowest BCUT2D eigenvalue weighted by atomic mass is 10.2. The highest BCUT2D eigenvalue weighted by atomic mass is 35.5. The summed E-state index contributed by atoms with van der Waals surface area (Å²) in [4.78, 5) is 20.9. The van der Waals surface area contributed by atoms with E-state index in [4.69, 9.17) is 11.6 Å². The zero-order valence-corrected chi connectivity index (χ0v) is 14.9. The van der Waals surface area contributed by atoms with Gasteiger partial charge in [-0.05, 0) is 30.3 Å². The lowest BCUT2D eigenvalue weighted by Gasteiger charge is -2.34. The first-order chi connectivity index (χ1) is 12.1. The van der Waals surface area contributed by atoms with Gasteiger partial charge >= 0.3 is 0 Å². The van der Waals surface area contributed by atoms with Crippen molar-refractivity contribution >= 4 is 44.2 Å². The molecule has 4 nitrogen and oxygen atoms in total. The Morgan fingerprint density at radius 2 is 1.88 bits per heavy atom. The molecule has 0 unspecified atom stereocenters. The Hall–Kier alpha value is -2.18. The van der Waals surface area contributed by atoms with Gasteiger partial charge in [-0.25, -0.2) is 9.37 Å². The Morgan fingerprint density at radius 3 is 2.60 bits per heavy atom. The SMILES string of the molecule is O=C(c1cccc(Cl)c1)N1CCN(c2nc3c(F)cccc3s2)CC1. The number of rotatable bonds is 2. The maximum absolute atomic E-state index is 13.8. The molecule has 1 aliphatic heterocycles. The van der Waals surface area contributed by atoms with Crippen molar-refractivity contribution in [1.29, 1.82) is 0 Å². The molecule has 4 rings (SSSR count). The van der Waals surface area contributed by atoms with E-state index in [9.17, 15) is 9.18 Å². The highest BCUT2D eigenvalue weighted by Gasteiger charge is 2.24. The van der Waals surface area contributed by atoms with E-state index in [0.29, 0.717) is 42.3 Å². The minimum atomic E-state index is -0.297. The van der Waals surface area contributed by atoms with Gasteiger partial charge in [-0.2, -0.15) is 0 Å². The Bertz CT molecular complexity index is 937. The molecule has 3 aromatic rings. The van der Waals surface area contributed by atoms with Crippen LogP contribution in [-0.4, -0.2) is 42.0 Å². The van der Waals surface area contributed by atoms with Crippen molar-refractivity contribution in [3.05, 3.63) is 58.9 Å². The van der Waals surface area contributed by atoms with Crippen LogP contribution >= 0.6 is 22.9 Å². The largest absolute Gasteiger partial charge is 0.345 e. The van der Waals surface area contributed by atoms with E-state index in [1.165, 1.54) is 17.4 Å². The molecule has 1 amide bonds. The highest BCUT2D eigenvalue weighted by Crippen LogP contribution is 2.30. The number of fused-ring (bicyclic) bond motifs is 1. The summed E-state index contributed by atoms with van der Waals surface area (Å²) in [5.74, 6) is -0.313. The smallest absolute Gasteiger partial charge is 0.254 e. The van der Waals surface area contributed by atoms with Gasteiger partial charge in [-0.15, -0.1) is 0 Å². The van der Waals surface area contributed by atoms with E-state index in [-0.39, 0.29) is 11.7 Å². The van der Waals surface area contributed by atoms with Gasteiger partial charge in [0.25, 0.3) is 5.91 Å². The Morgan fingerprint density at radius 1 is 1.12 bits per heavy atom. The Balaban J connectivity index is 1.47. The van der Waals surface area contributed by atoms with Crippen LogP contribution in [0.4, 0.5) is 9.52 Å². The number of halogens is 2. The molecule has 0 saturated carbocycles. The fourth-order valence-electron chi connectivity index (χ4n) is 2.94. The summed E-state index contributed by atoms with van der Waals surface area (Å²) in [7, 11) is 0. The first-order valence-electron chi connectivity index (χ1n) is 7.97. The van der Waals surface area contributed by atoms with Crippen molar-refractivity contribution < 1.29 is 9.18 Å². The molecule has 0 N–H and O–H groups in total. The van der Waals surface area contributed by atoms with Gasteiger partial charge < -0.3 is 9.80 Å². The van der Waals surface area contributed by atoms with Crippen LogP contribution in [0.2, 0.25) is 5.02 Å². The first kappa shape index (κ1) is 16.3. The number of thiazole rings is 1. The monoisotopic (exact) mass is 375 g/mol.